The van der Waals surface area contributed by atoms with E-state index in [0.717, 1.165) is 42.8 Å². The number of urea groups is 1. The van der Waals surface area contributed by atoms with E-state index >= 15 is 0 Å². The molecule has 39 heavy (non-hydrogen) atoms. The first-order chi connectivity index (χ1) is 18.0. The van der Waals surface area contributed by atoms with Crippen molar-refractivity contribution in [1.29, 1.82) is 0 Å². The van der Waals surface area contributed by atoms with Crippen molar-refractivity contribution < 1.29 is 42.2 Å². The van der Waals surface area contributed by atoms with Crippen molar-refractivity contribution in [2.45, 2.75) is 39.0 Å². The molecule has 0 saturated carbocycles. The number of amides is 4. The zero-order valence-corrected chi connectivity index (χ0v) is 21.8. The van der Waals surface area contributed by atoms with Crippen LogP contribution >= 0.6 is 0 Å². The molecule has 2 aromatic rings. The summed E-state index contributed by atoms with van der Waals surface area (Å²) in [5.74, 6) is -2.46. The van der Waals surface area contributed by atoms with Gasteiger partial charge in [0.05, 0.1) is 5.52 Å². The SMILES string of the molecule is Cn1nc(N2CCC(=O)NC2=O)c2ccc(N3CC4(CN(C(=O)OC(C)(C)C)C4)C3)cc21.O=C(O)C(F)(F)F. The van der Waals surface area contributed by atoms with Crippen LogP contribution in [-0.4, -0.2) is 88.3 Å². The van der Waals surface area contributed by atoms with Gasteiger partial charge in [-0.3, -0.25) is 19.7 Å². The van der Waals surface area contributed by atoms with Gasteiger partial charge in [-0.2, -0.15) is 18.3 Å². The summed E-state index contributed by atoms with van der Waals surface area (Å²) in [6.45, 7) is 9.17. The second kappa shape index (κ2) is 9.61. The van der Waals surface area contributed by atoms with Crippen LogP contribution in [0.3, 0.4) is 0 Å². The first kappa shape index (κ1) is 28.0. The van der Waals surface area contributed by atoms with Crippen LogP contribution in [-0.2, 0) is 21.4 Å². The van der Waals surface area contributed by atoms with E-state index in [0.29, 0.717) is 12.4 Å². The number of imide groups is 1. The summed E-state index contributed by atoms with van der Waals surface area (Å²) in [4.78, 5) is 50.4. The predicted octanol–water partition coefficient (Wildman–Crippen LogP) is 2.71. The Morgan fingerprint density at radius 2 is 1.72 bits per heavy atom. The molecule has 2 N–H and O–H groups in total. The Balaban J connectivity index is 0.000000448. The number of anilines is 2. The van der Waals surface area contributed by atoms with E-state index < -0.39 is 23.8 Å². The van der Waals surface area contributed by atoms with Gasteiger partial charge in [0.15, 0.2) is 5.82 Å². The highest BCUT2D eigenvalue weighted by atomic mass is 19.4. The first-order valence-electron chi connectivity index (χ1n) is 12.1. The maximum absolute atomic E-state index is 12.3. The molecule has 1 aromatic heterocycles. The third-order valence-electron chi connectivity index (χ3n) is 6.49. The highest BCUT2D eigenvalue weighted by Gasteiger charge is 2.54. The van der Waals surface area contributed by atoms with Crippen molar-refractivity contribution in [3.05, 3.63) is 18.2 Å². The first-order valence-corrected chi connectivity index (χ1v) is 12.1. The number of nitrogens with one attached hydrogen (secondary N) is 1. The summed E-state index contributed by atoms with van der Waals surface area (Å²) in [6.07, 6.45) is -5.06. The Hall–Kier alpha value is -4.04. The quantitative estimate of drug-likeness (QED) is 0.578. The van der Waals surface area contributed by atoms with Crippen LogP contribution in [0.5, 0.6) is 0 Å². The van der Waals surface area contributed by atoms with Gasteiger partial charge in [-0.15, -0.1) is 0 Å². The van der Waals surface area contributed by atoms with E-state index in [9.17, 15) is 27.6 Å². The van der Waals surface area contributed by atoms with Crippen molar-refractivity contribution in [2.75, 3.05) is 42.5 Å². The molecular weight excluding hydrogens is 525 g/mol. The molecule has 3 aliphatic heterocycles. The summed E-state index contributed by atoms with van der Waals surface area (Å²) < 4.78 is 39.0. The van der Waals surface area contributed by atoms with Gasteiger partial charge >= 0.3 is 24.3 Å². The van der Waals surface area contributed by atoms with Crippen LogP contribution in [0.4, 0.5) is 34.3 Å². The molecule has 0 bridgehead atoms. The fourth-order valence-electron chi connectivity index (χ4n) is 4.75. The number of alkyl halides is 3. The fourth-order valence-corrected chi connectivity index (χ4v) is 4.75. The molecule has 0 aliphatic carbocycles. The number of nitrogens with zero attached hydrogens (tertiary/aromatic N) is 5. The van der Waals surface area contributed by atoms with E-state index in [4.69, 9.17) is 14.6 Å². The third kappa shape index (κ3) is 5.86. The summed E-state index contributed by atoms with van der Waals surface area (Å²) in [7, 11) is 1.85. The van der Waals surface area contributed by atoms with Crippen LogP contribution in [0.2, 0.25) is 0 Å². The van der Waals surface area contributed by atoms with Gasteiger partial charge < -0.3 is 19.6 Å². The van der Waals surface area contributed by atoms with Gasteiger partial charge in [0.2, 0.25) is 5.91 Å². The minimum atomic E-state index is -5.08. The Bertz CT molecular complexity index is 1320. The number of aliphatic carboxylic acids is 1. The maximum Gasteiger partial charge on any atom is 0.490 e. The fraction of sp³-hybridized carbons (Fsp3) is 0.542. The number of carbonyl (C=O) groups is 4. The molecular formula is C24H29F3N6O6. The number of rotatable bonds is 2. The maximum atomic E-state index is 12.3. The lowest BCUT2D eigenvalue weighted by molar-refractivity contribution is -0.192. The summed E-state index contributed by atoms with van der Waals surface area (Å²) in [5, 5.41) is 14.9. The number of carboxylic acids is 1. The molecule has 1 aromatic carbocycles. The van der Waals surface area contributed by atoms with Crippen LogP contribution in [0, 0.1) is 5.41 Å². The number of carbonyl (C=O) groups excluding carboxylic acids is 3. The number of fused-ring (bicyclic) bond motifs is 1. The lowest BCUT2D eigenvalue weighted by Crippen LogP contribution is -2.73. The van der Waals surface area contributed by atoms with Crippen molar-refractivity contribution >= 4 is 46.4 Å². The van der Waals surface area contributed by atoms with Gasteiger partial charge in [-0.25, -0.2) is 14.4 Å². The van der Waals surface area contributed by atoms with Gasteiger partial charge in [0, 0.05) is 62.7 Å². The van der Waals surface area contributed by atoms with E-state index in [1.165, 1.54) is 4.90 Å². The molecule has 0 atom stereocenters. The number of aromatic nitrogens is 2. The zero-order valence-electron chi connectivity index (χ0n) is 21.8. The summed E-state index contributed by atoms with van der Waals surface area (Å²) in [6, 6.07) is 5.66. The number of likely N-dealkylation sites (tertiary alicyclic amines) is 1. The number of hydrogen-bond donors (Lipinski definition) is 2. The largest absolute Gasteiger partial charge is 0.490 e. The van der Waals surface area contributed by atoms with Crippen LogP contribution < -0.4 is 15.1 Å². The second-order valence-corrected chi connectivity index (χ2v) is 10.9. The molecule has 5 rings (SSSR count). The smallest absolute Gasteiger partial charge is 0.475 e. The monoisotopic (exact) mass is 554 g/mol. The number of ether oxygens (including phenoxy) is 1. The van der Waals surface area contributed by atoms with Gasteiger partial charge in [0.1, 0.15) is 5.60 Å². The van der Waals surface area contributed by atoms with Gasteiger partial charge in [-0.05, 0) is 39.0 Å². The topological polar surface area (TPSA) is 137 Å². The molecule has 4 heterocycles. The Labute approximate surface area is 221 Å². The highest BCUT2D eigenvalue weighted by Crippen LogP contribution is 2.43. The molecule has 212 valence electrons. The molecule has 1 spiro atoms. The molecule has 12 nitrogen and oxygen atoms in total. The number of benzene rings is 1. The average molecular weight is 555 g/mol. The highest BCUT2D eigenvalue weighted by molar-refractivity contribution is 6.09. The number of aryl methyl sites for hydroxylation is 1. The molecule has 3 fully saturated rings. The van der Waals surface area contributed by atoms with Crippen molar-refractivity contribution in [3.8, 4) is 0 Å². The van der Waals surface area contributed by atoms with E-state index in [1.807, 2.05) is 40.0 Å². The zero-order chi connectivity index (χ0) is 28.9. The standard InChI is InChI=1S/C22H28N6O4.C2HF3O2/c1-21(2,3)32-20(31)27-12-22(13-27)10-26(11-22)14-5-6-15-16(9-14)25(4)24-18(15)28-8-7-17(29)23-19(28)30;3-2(4,5)1(6)7/h5-6,9H,7-8,10-13H2,1-4H3,(H,23,29,30);(H,6,7). The Morgan fingerprint density at radius 3 is 2.26 bits per heavy atom. The predicted molar refractivity (Wildman–Crippen MR) is 132 cm³/mol. The van der Waals surface area contributed by atoms with Gasteiger partial charge in [-0.1, -0.05) is 0 Å². The summed E-state index contributed by atoms with van der Waals surface area (Å²) >= 11 is 0. The molecule has 0 unspecified atom stereocenters. The van der Waals surface area contributed by atoms with E-state index in [1.54, 1.807) is 9.58 Å². The van der Waals surface area contributed by atoms with Crippen molar-refractivity contribution in [1.82, 2.24) is 20.0 Å². The van der Waals surface area contributed by atoms with E-state index in [2.05, 4.69) is 21.4 Å². The van der Waals surface area contributed by atoms with Crippen LogP contribution in [0.1, 0.15) is 27.2 Å². The average Bonchev–Trinajstić information content (AvgIpc) is 3.06. The number of halogens is 3. The van der Waals surface area contributed by atoms with Gasteiger partial charge in [0.25, 0.3) is 0 Å². The molecule has 15 heteroatoms. The molecule has 0 radical (unpaired) electrons. The molecule has 4 amide bonds. The minimum absolute atomic E-state index is 0.141. The van der Waals surface area contributed by atoms with Crippen LogP contribution in [0.25, 0.3) is 10.9 Å². The number of carboxylic acid groups (broad SMARTS) is 1. The minimum Gasteiger partial charge on any atom is -0.475 e. The Morgan fingerprint density at radius 1 is 1.10 bits per heavy atom. The third-order valence-corrected chi connectivity index (χ3v) is 6.49. The lowest BCUT2D eigenvalue weighted by atomic mass is 9.73. The normalized spacial score (nSPS) is 18.7. The Kier molecular flexibility index (Phi) is 6.89. The molecule has 3 aliphatic rings. The second-order valence-electron chi connectivity index (χ2n) is 10.9. The van der Waals surface area contributed by atoms with Crippen molar-refractivity contribution in [3.63, 3.8) is 0 Å². The summed E-state index contributed by atoms with van der Waals surface area (Å²) in [5.41, 5.74) is 1.67. The molecule has 3 saturated heterocycles. The van der Waals surface area contributed by atoms with E-state index in [-0.39, 0.29) is 23.8 Å². The number of hydrogen-bond acceptors (Lipinski definition) is 7. The van der Waals surface area contributed by atoms with Crippen LogP contribution in [0.15, 0.2) is 18.2 Å². The van der Waals surface area contributed by atoms with Crippen molar-refractivity contribution in [2.24, 2.45) is 12.5 Å². The lowest BCUT2D eigenvalue weighted by Gasteiger charge is -2.60.